The van der Waals surface area contributed by atoms with E-state index in [-0.39, 0.29) is 12.3 Å². The zero-order chi connectivity index (χ0) is 17.9. The molecule has 9 heteroatoms. The normalized spacial score (nSPS) is 13.4. The summed E-state index contributed by atoms with van der Waals surface area (Å²) in [6, 6.07) is 3.36. The van der Waals surface area contributed by atoms with Crippen molar-refractivity contribution in [1.29, 1.82) is 0 Å². The van der Waals surface area contributed by atoms with Gasteiger partial charge in [-0.05, 0) is 26.2 Å². The third kappa shape index (κ3) is 8.09. The molecule has 0 aliphatic carbocycles. The minimum Gasteiger partial charge on any atom is -0.384 e. The molecule has 0 spiro atoms. The Morgan fingerprint density at radius 2 is 2.21 bits per heavy atom. The topological polar surface area (TPSA) is 94.0 Å². The highest BCUT2D eigenvalue weighted by atomic mass is 32.2. The molecule has 24 heavy (non-hydrogen) atoms. The van der Waals surface area contributed by atoms with Crippen LogP contribution in [0.3, 0.4) is 0 Å². The van der Waals surface area contributed by atoms with E-state index in [9.17, 15) is 10.1 Å². The van der Waals surface area contributed by atoms with Crippen LogP contribution in [-0.4, -0.2) is 61.8 Å². The van der Waals surface area contributed by atoms with Gasteiger partial charge in [-0.2, -0.15) is 11.8 Å². The van der Waals surface area contributed by atoms with Crippen LogP contribution in [0, 0.1) is 10.1 Å². The van der Waals surface area contributed by atoms with Crippen LogP contribution < -0.4 is 5.73 Å². The van der Waals surface area contributed by atoms with E-state index in [1.807, 2.05) is 11.3 Å². The van der Waals surface area contributed by atoms with Crippen molar-refractivity contribution in [2.75, 3.05) is 40.1 Å². The zero-order valence-corrected chi connectivity index (χ0v) is 16.1. The van der Waals surface area contributed by atoms with Crippen molar-refractivity contribution in [3.05, 3.63) is 32.0 Å². The third-order valence-electron chi connectivity index (χ3n) is 3.15. The first kappa shape index (κ1) is 20.9. The van der Waals surface area contributed by atoms with Gasteiger partial charge in [-0.25, -0.2) is 0 Å². The fraction of sp³-hybridized carbons (Fsp3) is 0.667. The van der Waals surface area contributed by atoms with Gasteiger partial charge < -0.3 is 15.4 Å². The maximum absolute atomic E-state index is 11.0. The second-order valence-corrected chi connectivity index (χ2v) is 7.91. The van der Waals surface area contributed by atoms with Gasteiger partial charge in [0.1, 0.15) is 0 Å². The third-order valence-corrected chi connectivity index (χ3v) is 5.39. The standard InChI is InChI=1S/C15H26N4O3S2/c1-18(2)10-12-4-5-13(24-12)11-23-9-7-17-15(16)14(19(20)21)6-8-22-3/h4-5,14H,6-11H2,1-3H3,(H2,16,17). The lowest BCUT2D eigenvalue weighted by Gasteiger charge is -2.08. The Morgan fingerprint density at radius 3 is 2.83 bits per heavy atom. The highest BCUT2D eigenvalue weighted by Gasteiger charge is 2.24. The molecule has 2 N–H and O–H groups in total. The molecule has 1 rings (SSSR count). The van der Waals surface area contributed by atoms with E-state index >= 15 is 0 Å². The maximum atomic E-state index is 11.0. The predicted octanol–water partition coefficient (Wildman–Crippen LogP) is 2.08. The fourth-order valence-corrected chi connectivity index (χ4v) is 4.08. The van der Waals surface area contributed by atoms with E-state index in [1.54, 1.807) is 11.8 Å². The highest BCUT2D eigenvalue weighted by Crippen LogP contribution is 2.22. The highest BCUT2D eigenvalue weighted by molar-refractivity contribution is 7.98. The average Bonchev–Trinajstić information content (AvgIpc) is 2.93. The number of nitro groups is 1. The minimum absolute atomic E-state index is 0.0852. The van der Waals surface area contributed by atoms with Crippen molar-refractivity contribution in [1.82, 2.24) is 4.90 Å². The van der Waals surface area contributed by atoms with Crippen LogP contribution >= 0.6 is 23.1 Å². The molecule has 1 atom stereocenters. The fourth-order valence-electron chi connectivity index (χ4n) is 2.00. The number of ether oxygens (including phenoxy) is 1. The number of aliphatic imine (C=N–C) groups is 1. The summed E-state index contributed by atoms with van der Waals surface area (Å²) in [6.45, 7) is 1.74. The van der Waals surface area contributed by atoms with Gasteiger partial charge in [-0.3, -0.25) is 15.1 Å². The molecule has 1 heterocycles. The summed E-state index contributed by atoms with van der Waals surface area (Å²) in [5.74, 6) is 1.80. The Labute approximate surface area is 151 Å². The van der Waals surface area contributed by atoms with Gasteiger partial charge in [-0.15, -0.1) is 11.3 Å². The summed E-state index contributed by atoms with van der Waals surface area (Å²) < 4.78 is 4.87. The van der Waals surface area contributed by atoms with Gasteiger partial charge in [0.15, 0.2) is 5.84 Å². The SMILES string of the molecule is COCCC(C(N)=NCCSCc1ccc(CN(C)C)s1)[N+](=O)[O-]. The van der Waals surface area contributed by atoms with Crippen LogP contribution in [0.2, 0.25) is 0 Å². The van der Waals surface area contributed by atoms with Crippen LogP contribution in [0.15, 0.2) is 17.1 Å². The van der Waals surface area contributed by atoms with Crippen molar-refractivity contribution in [2.45, 2.75) is 24.8 Å². The van der Waals surface area contributed by atoms with Crippen molar-refractivity contribution >= 4 is 28.9 Å². The maximum Gasteiger partial charge on any atom is 0.270 e. The van der Waals surface area contributed by atoms with Crippen LogP contribution in [0.5, 0.6) is 0 Å². The number of hydrogen-bond acceptors (Lipinski definition) is 7. The van der Waals surface area contributed by atoms with E-state index < -0.39 is 11.0 Å². The monoisotopic (exact) mass is 374 g/mol. The predicted molar refractivity (Wildman–Crippen MR) is 102 cm³/mol. The van der Waals surface area contributed by atoms with Crippen LogP contribution in [0.25, 0.3) is 0 Å². The first-order valence-corrected chi connectivity index (χ1v) is 9.63. The molecule has 0 aliphatic heterocycles. The van der Waals surface area contributed by atoms with Gasteiger partial charge >= 0.3 is 0 Å². The molecule has 136 valence electrons. The molecule has 1 unspecified atom stereocenters. The molecule has 0 radical (unpaired) electrons. The summed E-state index contributed by atoms with van der Waals surface area (Å²) in [6.07, 6.45) is 0.246. The molecule has 0 aromatic carbocycles. The average molecular weight is 375 g/mol. The molecule has 0 amide bonds. The summed E-state index contributed by atoms with van der Waals surface area (Å²) >= 11 is 3.58. The van der Waals surface area contributed by atoms with Gasteiger partial charge in [-0.1, -0.05) is 0 Å². The summed E-state index contributed by atoms with van der Waals surface area (Å²) in [7, 11) is 5.62. The lowest BCUT2D eigenvalue weighted by Crippen LogP contribution is -2.37. The number of methoxy groups -OCH3 is 1. The number of thiophene rings is 1. The lowest BCUT2D eigenvalue weighted by atomic mass is 10.2. The van der Waals surface area contributed by atoms with Crippen LogP contribution in [-0.2, 0) is 17.0 Å². The number of amidine groups is 1. The molecular weight excluding hydrogens is 348 g/mol. The summed E-state index contributed by atoms with van der Waals surface area (Å²) in [4.78, 5) is 19.6. The lowest BCUT2D eigenvalue weighted by molar-refractivity contribution is -0.504. The Bertz CT molecular complexity index is 535. The Morgan fingerprint density at radius 1 is 1.50 bits per heavy atom. The largest absolute Gasteiger partial charge is 0.384 e. The molecule has 0 fully saturated rings. The number of hydrogen-bond donors (Lipinski definition) is 1. The van der Waals surface area contributed by atoms with Gasteiger partial charge in [0, 0.05) is 46.3 Å². The van der Waals surface area contributed by atoms with Gasteiger partial charge in [0.05, 0.1) is 13.2 Å². The van der Waals surface area contributed by atoms with Crippen molar-refractivity contribution in [3.63, 3.8) is 0 Å². The molecule has 0 aliphatic rings. The second-order valence-electron chi connectivity index (χ2n) is 5.55. The number of nitrogens with two attached hydrogens (primary N) is 1. The minimum atomic E-state index is -0.958. The molecule has 0 saturated carbocycles. The van der Waals surface area contributed by atoms with Crippen LogP contribution in [0.1, 0.15) is 16.2 Å². The molecular formula is C15H26N4O3S2. The van der Waals surface area contributed by atoms with E-state index in [2.05, 4.69) is 36.1 Å². The number of thioether (sulfide) groups is 1. The first-order valence-electron chi connectivity index (χ1n) is 7.66. The molecule has 7 nitrogen and oxygen atoms in total. The molecule has 1 aromatic heterocycles. The van der Waals surface area contributed by atoms with Crippen molar-refractivity contribution in [2.24, 2.45) is 10.7 Å². The van der Waals surface area contributed by atoms with Gasteiger partial charge in [0.25, 0.3) is 6.04 Å². The Balaban J connectivity index is 2.33. The van der Waals surface area contributed by atoms with E-state index in [4.69, 9.17) is 10.5 Å². The first-order chi connectivity index (χ1) is 11.4. The second kappa shape index (κ2) is 11.4. The molecule has 0 saturated heterocycles. The van der Waals surface area contributed by atoms with Gasteiger partial charge in [0.2, 0.25) is 0 Å². The van der Waals surface area contributed by atoms with Crippen LogP contribution in [0.4, 0.5) is 0 Å². The smallest absolute Gasteiger partial charge is 0.270 e. The zero-order valence-electron chi connectivity index (χ0n) is 14.4. The van der Waals surface area contributed by atoms with Crippen molar-refractivity contribution < 1.29 is 9.66 Å². The van der Waals surface area contributed by atoms with E-state index in [1.165, 1.54) is 16.9 Å². The Kier molecular flexibility index (Phi) is 9.92. The molecule has 0 bridgehead atoms. The number of nitrogens with zero attached hydrogens (tertiary/aromatic N) is 3. The molecule has 1 aromatic rings. The summed E-state index contributed by atoms with van der Waals surface area (Å²) in [5.41, 5.74) is 5.74. The van der Waals surface area contributed by atoms with E-state index in [0.717, 1.165) is 18.1 Å². The van der Waals surface area contributed by atoms with E-state index in [0.29, 0.717) is 13.2 Å². The van der Waals surface area contributed by atoms with Crippen molar-refractivity contribution in [3.8, 4) is 0 Å². The quantitative estimate of drug-likeness (QED) is 0.198. The Hall–Kier alpha value is -1.16. The summed E-state index contributed by atoms with van der Waals surface area (Å²) in [5, 5.41) is 11.0. The number of rotatable bonds is 12.